The van der Waals surface area contributed by atoms with Gasteiger partial charge < -0.3 is 0 Å². The molecule has 126 valence electrons. The van der Waals surface area contributed by atoms with E-state index in [1.807, 2.05) is 18.2 Å². The van der Waals surface area contributed by atoms with Crippen LogP contribution in [0.15, 0.2) is 47.1 Å². The van der Waals surface area contributed by atoms with Gasteiger partial charge in [0.2, 0.25) is 0 Å². The van der Waals surface area contributed by atoms with Crippen LogP contribution in [0.4, 0.5) is 13.2 Å². The second-order valence-electron chi connectivity index (χ2n) is 4.88. The van der Waals surface area contributed by atoms with Crippen LogP contribution in [0.25, 0.3) is 11.0 Å². The van der Waals surface area contributed by atoms with E-state index in [1.54, 1.807) is 26.7 Å². The van der Waals surface area contributed by atoms with Gasteiger partial charge in [-0.2, -0.15) is 13.2 Å². The van der Waals surface area contributed by atoms with Crippen LogP contribution in [-0.4, -0.2) is 10.3 Å². The molecule has 1 aromatic heterocycles. The third kappa shape index (κ3) is 4.61. The molecule has 3 rings (SSSR count). The highest BCUT2D eigenvalue weighted by molar-refractivity contribution is 9.09. The van der Waals surface area contributed by atoms with Gasteiger partial charge in [-0.1, -0.05) is 45.9 Å². The SMILES string of the molecule is FC(F)(F)c1cccc(CSSSCc2ccc3nonc3c2)c1. The largest absolute Gasteiger partial charge is 0.416 e. The zero-order valence-electron chi connectivity index (χ0n) is 12.1. The molecule has 0 amide bonds. The highest BCUT2D eigenvalue weighted by atomic mass is 33.5. The van der Waals surface area contributed by atoms with Gasteiger partial charge >= 0.3 is 6.18 Å². The molecule has 0 fully saturated rings. The summed E-state index contributed by atoms with van der Waals surface area (Å²) in [7, 11) is 4.70. The van der Waals surface area contributed by atoms with E-state index in [0.717, 1.165) is 28.4 Å². The Morgan fingerprint density at radius 3 is 2.33 bits per heavy atom. The Morgan fingerprint density at radius 1 is 0.875 bits per heavy atom. The number of aromatic nitrogens is 2. The summed E-state index contributed by atoms with van der Waals surface area (Å²) in [5.41, 5.74) is 2.59. The Labute approximate surface area is 147 Å². The number of hydrogen-bond acceptors (Lipinski definition) is 6. The quantitative estimate of drug-likeness (QED) is 0.383. The molecular weight excluding hydrogens is 377 g/mol. The van der Waals surface area contributed by atoms with E-state index in [1.165, 1.54) is 22.9 Å². The smallest absolute Gasteiger partial charge is 0.243 e. The lowest BCUT2D eigenvalue weighted by atomic mass is 10.1. The van der Waals surface area contributed by atoms with Crippen molar-refractivity contribution in [2.75, 3.05) is 0 Å². The van der Waals surface area contributed by atoms with Crippen molar-refractivity contribution in [2.45, 2.75) is 17.7 Å². The van der Waals surface area contributed by atoms with Gasteiger partial charge in [-0.15, -0.1) is 0 Å². The van der Waals surface area contributed by atoms with Crippen LogP contribution < -0.4 is 0 Å². The Balaban J connectivity index is 1.45. The van der Waals surface area contributed by atoms with Crippen LogP contribution in [0, 0.1) is 0 Å². The lowest BCUT2D eigenvalue weighted by Crippen LogP contribution is -2.04. The second kappa shape index (κ2) is 7.71. The average Bonchev–Trinajstić information content (AvgIpc) is 3.02. The molecule has 0 atom stereocenters. The van der Waals surface area contributed by atoms with Gasteiger partial charge in [0.25, 0.3) is 0 Å². The number of benzene rings is 2. The summed E-state index contributed by atoms with van der Waals surface area (Å²) >= 11 is 0. The minimum absolute atomic E-state index is 0.522. The van der Waals surface area contributed by atoms with Gasteiger partial charge in [0.15, 0.2) is 0 Å². The van der Waals surface area contributed by atoms with Gasteiger partial charge in [-0.25, -0.2) is 4.63 Å². The third-order valence-corrected chi connectivity index (χ3v) is 7.23. The summed E-state index contributed by atoms with van der Waals surface area (Å²) in [5.74, 6) is 1.29. The predicted octanol–water partition coefficient (Wildman–Crippen LogP) is 5.97. The van der Waals surface area contributed by atoms with Gasteiger partial charge in [0, 0.05) is 11.5 Å². The van der Waals surface area contributed by atoms with E-state index >= 15 is 0 Å². The number of fused-ring (bicyclic) bond motifs is 1. The van der Waals surface area contributed by atoms with Crippen LogP contribution in [0.2, 0.25) is 0 Å². The molecule has 0 saturated carbocycles. The molecule has 9 heteroatoms. The zero-order valence-corrected chi connectivity index (χ0v) is 14.6. The molecule has 0 bridgehead atoms. The summed E-state index contributed by atoms with van der Waals surface area (Å²) in [5, 5.41) is 7.54. The van der Waals surface area contributed by atoms with Crippen molar-refractivity contribution in [2.24, 2.45) is 0 Å². The Kier molecular flexibility index (Phi) is 5.62. The molecule has 2 aromatic carbocycles. The minimum atomic E-state index is -4.29. The molecule has 0 aliphatic carbocycles. The normalized spacial score (nSPS) is 12.0. The first-order chi connectivity index (χ1) is 11.5. The third-order valence-electron chi connectivity index (χ3n) is 3.12. The standard InChI is InChI=1S/C15H11F3N2OS3/c16-15(17,18)12-3-1-2-10(6-12)8-22-24-23-9-11-4-5-13-14(7-11)20-21-19-13/h1-7H,8-9H2. The fraction of sp³-hybridized carbons (Fsp3) is 0.200. The van der Waals surface area contributed by atoms with Crippen molar-refractivity contribution in [1.82, 2.24) is 10.3 Å². The number of rotatable bonds is 6. The average molecular weight is 388 g/mol. The van der Waals surface area contributed by atoms with Gasteiger partial charge in [0.05, 0.1) is 5.56 Å². The molecular formula is C15H11F3N2OS3. The molecule has 0 saturated heterocycles. The first-order valence-corrected chi connectivity index (χ1v) is 10.6. The number of hydrogen-bond donors (Lipinski definition) is 0. The lowest BCUT2D eigenvalue weighted by molar-refractivity contribution is -0.137. The molecule has 0 N–H and O–H groups in total. The lowest BCUT2D eigenvalue weighted by Gasteiger charge is -2.08. The van der Waals surface area contributed by atoms with E-state index in [-0.39, 0.29) is 0 Å². The summed E-state index contributed by atoms with van der Waals surface area (Å²) in [6.07, 6.45) is -4.29. The number of alkyl halides is 3. The molecule has 0 radical (unpaired) electrons. The summed E-state index contributed by atoms with van der Waals surface area (Å²) < 4.78 is 42.6. The molecule has 0 spiro atoms. The zero-order chi connectivity index (χ0) is 17.0. The first kappa shape index (κ1) is 17.5. The number of halogens is 3. The fourth-order valence-corrected chi connectivity index (χ4v) is 5.56. The van der Waals surface area contributed by atoms with Crippen molar-refractivity contribution >= 4 is 42.4 Å². The van der Waals surface area contributed by atoms with Crippen LogP contribution in [0.3, 0.4) is 0 Å². The number of nitrogens with zero attached hydrogens (tertiary/aromatic N) is 2. The van der Waals surface area contributed by atoms with Crippen molar-refractivity contribution < 1.29 is 17.8 Å². The highest BCUT2D eigenvalue weighted by Crippen LogP contribution is 2.39. The Bertz CT molecular complexity index is 823. The van der Waals surface area contributed by atoms with Crippen LogP contribution in [0.5, 0.6) is 0 Å². The monoisotopic (exact) mass is 388 g/mol. The molecule has 0 aliphatic heterocycles. The molecule has 0 unspecified atom stereocenters. The maximum absolute atomic E-state index is 12.7. The van der Waals surface area contributed by atoms with E-state index in [2.05, 4.69) is 14.9 Å². The maximum atomic E-state index is 12.7. The summed E-state index contributed by atoms with van der Waals surface area (Å²) in [4.78, 5) is 0. The van der Waals surface area contributed by atoms with Crippen molar-refractivity contribution in [1.29, 1.82) is 0 Å². The van der Waals surface area contributed by atoms with E-state index < -0.39 is 11.7 Å². The molecule has 0 aliphatic rings. The summed E-state index contributed by atoms with van der Waals surface area (Å²) in [6.45, 7) is 0. The Hall–Kier alpha value is -1.32. The predicted molar refractivity (Wildman–Crippen MR) is 93.4 cm³/mol. The first-order valence-electron chi connectivity index (χ1n) is 6.81. The van der Waals surface area contributed by atoms with Crippen LogP contribution in [0.1, 0.15) is 16.7 Å². The molecule has 3 aromatic rings. The summed E-state index contributed by atoms with van der Waals surface area (Å²) in [6, 6.07) is 11.2. The van der Waals surface area contributed by atoms with E-state index in [9.17, 15) is 13.2 Å². The van der Waals surface area contributed by atoms with Gasteiger partial charge in [-0.05, 0) is 49.5 Å². The van der Waals surface area contributed by atoms with E-state index in [4.69, 9.17) is 0 Å². The molecule has 1 heterocycles. The van der Waals surface area contributed by atoms with Crippen molar-refractivity contribution in [3.63, 3.8) is 0 Å². The van der Waals surface area contributed by atoms with Crippen LogP contribution >= 0.6 is 31.4 Å². The van der Waals surface area contributed by atoms with E-state index in [0.29, 0.717) is 11.3 Å². The minimum Gasteiger partial charge on any atom is -0.243 e. The maximum Gasteiger partial charge on any atom is 0.416 e. The highest BCUT2D eigenvalue weighted by Gasteiger charge is 2.30. The molecule has 3 nitrogen and oxygen atoms in total. The van der Waals surface area contributed by atoms with Crippen molar-refractivity contribution in [3.05, 3.63) is 59.2 Å². The topological polar surface area (TPSA) is 38.9 Å². The Morgan fingerprint density at radius 2 is 1.58 bits per heavy atom. The molecule has 24 heavy (non-hydrogen) atoms. The second-order valence-corrected chi connectivity index (χ2v) is 9.11. The van der Waals surface area contributed by atoms with Gasteiger partial charge in [0.1, 0.15) is 11.0 Å². The van der Waals surface area contributed by atoms with Gasteiger partial charge in [-0.3, -0.25) is 0 Å². The fourth-order valence-electron chi connectivity index (χ4n) is 1.97. The van der Waals surface area contributed by atoms with Crippen molar-refractivity contribution in [3.8, 4) is 0 Å². The van der Waals surface area contributed by atoms with Crippen LogP contribution in [-0.2, 0) is 17.7 Å².